The Morgan fingerprint density at radius 1 is 1.15 bits per heavy atom. The molecule has 1 nitrogen and oxygen atoms in total. The van der Waals surface area contributed by atoms with Gasteiger partial charge in [-0.2, -0.15) is 0 Å². The molecule has 0 bridgehead atoms. The molecule has 0 fully saturated rings. The van der Waals surface area contributed by atoms with Gasteiger partial charge in [0.15, 0.2) is 0 Å². The van der Waals surface area contributed by atoms with Gasteiger partial charge < -0.3 is 5.32 Å². The summed E-state index contributed by atoms with van der Waals surface area (Å²) in [5.74, 6) is 0. The standard InChI is InChI=1S/C10H13BrClN/c11-6-8-13-7-5-9-1-3-10(12)4-2-9/h1-4,13H,5-8H2. The molecule has 0 saturated heterocycles. The lowest BCUT2D eigenvalue weighted by Gasteiger charge is -2.02. The Morgan fingerprint density at radius 2 is 1.85 bits per heavy atom. The molecule has 0 amide bonds. The molecule has 13 heavy (non-hydrogen) atoms. The number of hydrogen-bond donors (Lipinski definition) is 1. The third-order valence-electron chi connectivity index (χ3n) is 1.77. The van der Waals surface area contributed by atoms with E-state index in [0.29, 0.717) is 0 Å². The molecule has 0 aliphatic carbocycles. The molecule has 72 valence electrons. The van der Waals surface area contributed by atoms with Gasteiger partial charge in [-0.3, -0.25) is 0 Å². The second-order valence-electron chi connectivity index (χ2n) is 2.82. The first-order chi connectivity index (χ1) is 6.33. The van der Waals surface area contributed by atoms with Crippen LogP contribution < -0.4 is 5.32 Å². The molecular formula is C10H13BrClN. The minimum atomic E-state index is 0.803. The van der Waals surface area contributed by atoms with Crippen LogP contribution in [-0.4, -0.2) is 18.4 Å². The Morgan fingerprint density at radius 3 is 2.46 bits per heavy atom. The summed E-state index contributed by atoms with van der Waals surface area (Å²) in [6, 6.07) is 8.00. The number of benzene rings is 1. The van der Waals surface area contributed by atoms with Crippen molar-refractivity contribution in [2.24, 2.45) is 0 Å². The van der Waals surface area contributed by atoms with Gasteiger partial charge in [0.25, 0.3) is 0 Å². The number of alkyl halides is 1. The van der Waals surface area contributed by atoms with Gasteiger partial charge >= 0.3 is 0 Å². The minimum absolute atomic E-state index is 0.803. The van der Waals surface area contributed by atoms with E-state index in [1.807, 2.05) is 12.1 Å². The third-order valence-corrected chi connectivity index (χ3v) is 2.42. The highest BCUT2D eigenvalue weighted by atomic mass is 79.9. The Hall–Kier alpha value is -0.0500. The van der Waals surface area contributed by atoms with Gasteiger partial charge in [-0.1, -0.05) is 39.7 Å². The van der Waals surface area contributed by atoms with Gasteiger partial charge in [0.05, 0.1) is 0 Å². The van der Waals surface area contributed by atoms with Crippen molar-refractivity contribution in [1.29, 1.82) is 0 Å². The van der Waals surface area contributed by atoms with Crippen LogP contribution in [0.4, 0.5) is 0 Å². The van der Waals surface area contributed by atoms with Crippen LogP contribution in [0.2, 0.25) is 5.02 Å². The van der Waals surface area contributed by atoms with Crippen molar-refractivity contribution in [3.8, 4) is 0 Å². The lowest BCUT2D eigenvalue weighted by Crippen LogP contribution is -2.19. The Bertz CT molecular complexity index is 235. The molecule has 3 heteroatoms. The molecule has 1 N–H and O–H groups in total. The molecule has 0 aromatic heterocycles. The predicted molar refractivity (Wildman–Crippen MR) is 61.8 cm³/mol. The monoisotopic (exact) mass is 261 g/mol. The van der Waals surface area contributed by atoms with Crippen LogP contribution in [0.5, 0.6) is 0 Å². The number of rotatable bonds is 5. The molecule has 1 rings (SSSR count). The van der Waals surface area contributed by atoms with Crippen LogP contribution in [0.3, 0.4) is 0 Å². The minimum Gasteiger partial charge on any atom is -0.316 e. The number of halogens is 2. The molecular weight excluding hydrogens is 249 g/mol. The Labute approximate surface area is 92.6 Å². The first-order valence-electron chi connectivity index (χ1n) is 4.34. The van der Waals surface area contributed by atoms with Crippen molar-refractivity contribution in [1.82, 2.24) is 5.32 Å². The maximum Gasteiger partial charge on any atom is 0.0406 e. The summed E-state index contributed by atoms with van der Waals surface area (Å²) in [6.45, 7) is 2.04. The van der Waals surface area contributed by atoms with Crippen molar-refractivity contribution in [2.45, 2.75) is 6.42 Å². The first-order valence-corrected chi connectivity index (χ1v) is 5.84. The van der Waals surface area contributed by atoms with Gasteiger partial charge in [0.1, 0.15) is 0 Å². The number of hydrogen-bond acceptors (Lipinski definition) is 1. The molecule has 0 unspecified atom stereocenters. The predicted octanol–water partition coefficient (Wildman–Crippen LogP) is 2.87. The normalized spacial score (nSPS) is 10.3. The van der Waals surface area contributed by atoms with Crippen molar-refractivity contribution in [3.63, 3.8) is 0 Å². The highest BCUT2D eigenvalue weighted by Gasteiger charge is 1.92. The third kappa shape index (κ3) is 4.65. The average Bonchev–Trinajstić information content (AvgIpc) is 2.15. The van der Waals surface area contributed by atoms with E-state index in [4.69, 9.17) is 11.6 Å². The summed E-state index contributed by atoms with van der Waals surface area (Å²) in [4.78, 5) is 0. The molecule has 0 radical (unpaired) electrons. The fourth-order valence-corrected chi connectivity index (χ4v) is 1.48. The maximum atomic E-state index is 5.77. The van der Waals surface area contributed by atoms with E-state index in [1.54, 1.807) is 0 Å². The van der Waals surface area contributed by atoms with E-state index in [0.717, 1.165) is 29.9 Å². The molecule has 0 aliphatic heterocycles. The molecule has 1 aromatic rings. The van der Waals surface area contributed by atoms with Gasteiger partial charge in [-0.25, -0.2) is 0 Å². The molecule has 0 saturated carbocycles. The first kappa shape index (κ1) is 11.0. The van der Waals surface area contributed by atoms with Crippen LogP contribution in [0, 0.1) is 0 Å². The van der Waals surface area contributed by atoms with Crippen molar-refractivity contribution in [3.05, 3.63) is 34.9 Å². The van der Waals surface area contributed by atoms with Gasteiger partial charge in [-0.15, -0.1) is 0 Å². The van der Waals surface area contributed by atoms with Crippen molar-refractivity contribution < 1.29 is 0 Å². The molecule has 1 aromatic carbocycles. The summed E-state index contributed by atoms with van der Waals surface area (Å²) >= 11 is 9.14. The van der Waals surface area contributed by atoms with Crippen LogP contribution in [0.1, 0.15) is 5.56 Å². The van der Waals surface area contributed by atoms with Gasteiger partial charge in [0.2, 0.25) is 0 Å². The van der Waals surface area contributed by atoms with E-state index in [1.165, 1.54) is 5.56 Å². The fraction of sp³-hybridized carbons (Fsp3) is 0.400. The Balaban J connectivity index is 2.25. The summed E-state index contributed by atoms with van der Waals surface area (Å²) < 4.78 is 0. The lowest BCUT2D eigenvalue weighted by molar-refractivity contribution is 0.723. The second-order valence-corrected chi connectivity index (χ2v) is 4.04. The zero-order valence-electron chi connectivity index (χ0n) is 7.39. The molecule has 0 atom stereocenters. The van der Waals surface area contributed by atoms with Gasteiger partial charge in [-0.05, 0) is 30.7 Å². The summed E-state index contributed by atoms with van der Waals surface area (Å²) in [5, 5.41) is 5.13. The van der Waals surface area contributed by atoms with Gasteiger partial charge in [0, 0.05) is 16.9 Å². The molecule has 0 heterocycles. The van der Waals surface area contributed by atoms with E-state index in [9.17, 15) is 0 Å². The van der Waals surface area contributed by atoms with Crippen LogP contribution in [-0.2, 0) is 6.42 Å². The van der Waals surface area contributed by atoms with E-state index < -0.39 is 0 Å². The van der Waals surface area contributed by atoms with E-state index in [-0.39, 0.29) is 0 Å². The summed E-state index contributed by atoms with van der Waals surface area (Å²) in [7, 11) is 0. The van der Waals surface area contributed by atoms with E-state index in [2.05, 4.69) is 33.4 Å². The van der Waals surface area contributed by atoms with Crippen LogP contribution >= 0.6 is 27.5 Å². The summed E-state index contributed by atoms with van der Waals surface area (Å²) in [6.07, 6.45) is 1.06. The lowest BCUT2D eigenvalue weighted by atomic mass is 10.1. The second kappa shape index (κ2) is 6.41. The number of nitrogens with one attached hydrogen (secondary N) is 1. The Kier molecular flexibility index (Phi) is 5.44. The van der Waals surface area contributed by atoms with E-state index >= 15 is 0 Å². The average molecular weight is 263 g/mol. The summed E-state index contributed by atoms with van der Waals surface area (Å²) in [5.41, 5.74) is 1.33. The van der Waals surface area contributed by atoms with Crippen LogP contribution in [0.15, 0.2) is 24.3 Å². The topological polar surface area (TPSA) is 12.0 Å². The van der Waals surface area contributed by atoms with Crippen molar-refractivity contribution in [2.75, 3.05) is 18.4 Å². The molecule has 0 spiro atoms. The van der Waals surface area contributed by atoms with Crippen LogP contribution in [0.25, 0.3) is 0 Å². The highest BCUT2D eigenvalue weighted by Crippen LogP contribution is 2.09. The SMILES string of the molecule is Clc1ccc(CCNCCBr)cc1. The fourth-order valence-electron chi connectivity index (χ4n) is 1.08. The largest absolute Gasteiger partial charge is 0.316 e. The maximum absolute atomic E-state index is 5.77. The zero-order valence-corrected chi connectivity index (χ0v) is 9.74. The molecule has 0 aliphatic rings. The zero-order chi connectivity index (χ0) is 9.52. The van der Waals surface area contributed by atoms with Crippen molar-refractivity contribution >= 4 is 27.5 Å². The highest BCUT2D eigenvalue weighted by molar-refractivity contribution is 9.09. The smallest absolute Gasteiger partial charge is 0.0406 e. The quantitative estimate of drug-likeness (QED) is 0.636.